The molecule has 1 aromatic heterocycles. The van der Waals surface area contributed by atoms with Gasteiger partial charge < -0.3 is 0 Å². The van der Waals surface area contributed by atoms with E-state index in [-0.39, 0.29) is 5.41 Å². The van der Waals surface area contributed by atoms with Gasteiger partial charge in [0.15, 0.2) is 0 Å². The van der Waals surface area contributed by atoms with Gasteiger partial charge in [0.05, 0.1) is 5.41 Å². The van der Waals surface area contributed by atoms with Gasteiger partial charge in [-0.25, -0.2) is 0 Å². The maximum atomic E-state index is 2.52. The van der Waals surface area contributed by atoms with Crippen molar-refractivity contribution in [1.82, 2.24) is 0 Å². The van der Waals surface area contributed by atoms with Crippen LogP contribution in [0, 0.1) is 0 Å². The van der Waals surface area contributed by atoms with Gasteiger partial charge in [-0.3, -0.25) is 0 Å². The monoisotopic (exact) mass is 774 g/mol. The number of hydrogen-bond donors (Lipinski definition) is 0. The van der Waals surface area contributed by atoms with Crippen molar-refractivity contribution in [2.24, 2.45) is 0 Å². The quantitative estimate of drug-likeness (QED) is 0.157. The van der Waals surface area contributed by atoms with E-state index >= 15 is 0 Å². The van der Waals surface area contributed by atoms with E-state index in [2.05, 4.69) is 206 Å². The summed E-state index contributed by atoms with van der Waals surface area (Å²) < 4.78 is 2.68. The molecule has 0 atom stereocenters. The Bertz CT molecular complexity index is 3700. The zero-order valence-corrected chi connectivity index (χ0v) is 33.4. The summed E-state index contributed by atoms with van der Waals surface area (Å²) in [7, 11) is 0. The van der Waals surface area contributed by atoms with Gasteiger partial charge in [0.1, 0.15) is 0 Å². The summed E-state index contributed by atoms with van der Waals surface area (Å²) in [6, 6.07) is 78.0. The van der Waals surface area contributed by atoms with E-state index in [9.17, 15) is 0 Å². The van der Waals surface area contributed by atoms with Gasteiger partial charge in [-0.2, -0.15) is 0 Å². The van der Waals surface area contributed by atoms with Crippen LogP contribution in [-0.4, -0.2) is 0 Å². The van der Waals surface area contributed by atoms with E-state index in [1.54, 1.807) is 0 Å². The summed E-state index contributed by atoms with van der Waals surface area (Å²) in [6.45, 7) is 0. The minimum Gasteiger partial charge on any atom is -0.135 e. The predicted molar refractivity (Wildman–Crippen MR) is 256 cm³/mol. The minimum absolute atomic E-state index is 0.366. The molecule has 1 spiro atoms. The molecular weight excluding hydrogens is 741 g/mol. The number of fused-ring (bicyclic) bond motifs is 13. The maximum absolute atomic E-state index is 2.52. The van der Waals surface area contributed by atoms with Crippen LogP contribution in [0.4, 0.5) is 0 Å². The highest BCUT2D eigenvalue weighted by Gasteiger charge is 2.51. The summed E-state index contributed by atoms with van der Waals surface area (Å²) in [6.07, 6.45) is 0. The molecule has 0 radical (unpaired) electrons. The van der Waals surface area contributed by atoms with Gasteiger partial charge in [0.2, 0.25) is 0 Å². The van der Waals surface area contributed by atoms with Crippen molar-refractivity contribution in [2.45, 2.75) is 5.41 Å². The summed E-state index contributed by atoms with van der Waals surface area (Å²) in [5, 5.41) is 10.5. The van der Waals surface area contributed by atoms with Crippen molar-refractivity contribution in [3.63, 3.8) is 0 Å². The highest BCUT2D eigenvalue weighted by molar-refractivity contribution is 7.25. The average Bonchev–Trinajstić information content (AvgIpc) is 3.94. The van der Waals surface area contributed by atoms with Crippen LogP contribution in [0.25, 0.3) is 108 Å². The van der Waals surface area contributed by atoms with Gasteiger partial charge in [-0.1, -0.05) is 188 Å². The van der Waals surface area contributed by atoms with Crippen LogP contribution < -0.4 is 0 Å². The molecule has 0 aliphatic heterocycles. The molecule has 12 aromatic rings. The van der Waals surface area contributed by atoms with Crippen LogP contribution in [0.3, 0.4) is 0 Å². The Labute approximate surface area is 351 Å². The summed E-state index contributed by atoms with van der Waals surface area (Å²) in [4.78, 5) is 0. The molecule has 0 saturated heterocycles. The number of thiophene rings is 1. The Morgan fingerprint density at radius 2 is 0.717 bits per heavy atom. The zero-order valence-electron chi connectivity index (χ0n) is 32.5. The molecule has 0 saturated carbocycles. The lowest BCUT2D eigenvalue weighted by atomic mass is 9.70. The van der Waals surface area contributed by atoms with Crippen LogP contribution in [-0.2, 0) is 5.41 Å². The lowest BCUT2D eigenvalue weighted by Gasteiger charge is -2.30. The predicted octanol–water partition coefficient (Wildman–Crippen LogP) is 16.3. The third-order valence-electron chi connectivity index (χ3n) is 13.9. The van der Waals surface area contributed by atoms with Crippen molar-refractivity contribution in [3.05, 3.63) is 229 Å². The van der Waals surface area contributed by atoms with Crippen molar-refractivity contribution in [1.29, 1.82) is 0 Å². The van der Waals surface area contributed by atoms with Gasteiger partial charge >= 0.3 is 0 Å². The van der Waals surface area contributed by atoms with Crippen molar-refractivity contribution < 1.29 is 0 Å². The second-order valence-electron chi connectivity index (χ2n) is 16.7. The molecule has 60 heavy (non-hydrogen) atoms. The fourth-order valence-electron chi connectivity index (χ4n) is 11.3. The molecule has 11 aromatic carbocycles. The van der Waals surface area contributed by atoms with Crippen molar-refractivity contribution in [2.75, 3.05) is 0 Å². The van der Waals surface area contributed by atoms with E-state index in [1.807, 2.05) is 11.3 Å². The molecule has 14 rings (SSSR count). The van der Waals surface area contributed by atoms with Crippen molar-refractivity contribution in [3.8, 4) is 55.6 Å². The highest BCUT2D eigenvalue weighted by Crippen LogP contribution is 2.63. The summed E-state index contributed by atoms with van der Waals surface area (Å²) in [5.74, 6) is 0. The highest BCUT2D eigenvalue weighted by atomic mass is 32.1. The SMILES string of the molecule is c1ccc2c(c1)-c1ccccc1C21c2ccccc2-c2ccc(-c3ccc4ccc5c(-c6ccc(-c7ccc8c(c7)sc7ccccc78)cc6)ccc6ccc3c4c65)cc21. The van der Waals surface area contributed by atoms with Crippen molar-refractivity contribution >= 4 is 63.8 Å². The number of benzene rings is 11. The Balaban J connectivity index is 0.917. The topological polar surface area (TPSA) is 0 Å². The first-order valence-electron chi connectivity index (χ1n) is 20.9. The second-order valence-corrected chi connectivity index (χ2v) is 17.8. The number of rotatable bonds is 3. The molecule has 0 amide bonds. The molecule has 2 aliphatic carbocycles. The van der Waals surface area contributed by atoms with Gasteiger partial charge in [-0.15, -0.1) is 11.3 Å². The average molecular weight is 775 g/mol. The van der Waals surface area contributed by atoms with Crippen LogP contribution >= 0.6 is 11.3 Å². The molecule has 1 heterocycles. The third-order valence-corrected chi connectivity index (χ3v) is 15.0. The summed E-state index contributed by atoms with van der Waals surface area (Å²) in [5.41, 5.74) is 18.0. The Kier molecular flexibility index (Phi) is 6.46. The molecule has 0 unspecified atom stereocenters. The molecule has 0 nitrogen and oxygen atoms in total. The lowest BCUT2D eigenvalue weighted by molar-refractivity contribution is 0.794. The molecule has 0 fully saturated rings. The van der Waals surface area contributed by atoms with E-state index in [0.717, 1.165) is 0 Å². The normalized spacial score (nSPS) is 13.5. The Morgan fingerprint density at radius 3 is 1.37 bits per heavy atom. The summed E-state index contributed by atoms with van der Waals surface area (Å²) >= 11 is 1.88. The smallest absolute Gasteiger partial charge is 0.0725 e. The largest absolute Gasteiger partial charge is 0.135 e. The van der Waals surface area contributed by atoms with Gasteiger partial charge in [-0.05, 0) is 128 Å². The first kappa shape index (κ1) is 32.6. The standard InChI is InChI=1S/C59H34S/c1-5-13-51-43(9-1)44-10-2-6-14-52(44)59(51)53-15-7-3-11-45(53)46-29-26-40(33-54(46)59)42-28-22-38-23-31-49-41(27-21-37-24-32-50(42)58(38)57(37)49)36-19-17-35(18-20-36)39-25-30-48-47-12-4-8-16-55(47)60-56(48)34-39/h1-34H. The van der Waals surface area contributed by atoms with Crippen LogP contribution in [0.2, 0.25) is 0 Å². The molecule has 0 N–H and O–H groups in total. The zero-order chi connectivity index (χ0) is 39.1. The van der Waals surface area contributed by atoms with E-state index < -0.39 is 0 Å². The molecule has 1 heteroatoms. The molecule has 2 aliphatic rings. The van der Waals surface area contributed by atoms with Gasteiger partial charge in [0.25, 0.3) is 0 Å². The molecule has 276 valence electrons. The van der Waals surface area contributed by atoms with E-state index in [4.69, 9.17) is 0 Å². The number of hydrogen-bond acceptors (Lipinski definition) is 1. The van der Waals surface area contributed by atoms with E-state index in [0.29, 0.717) is 0 Å². The van der Waals surface area contributed by atoms with Crippen LogP contribution in [0.1, 0.15) is 22.3 Å². The van der Waals surface area contributed by atoms with Crippen LogP contribution in [0.5, 0.6) is 0 Å². The van der Waals surface area contributed by atoms with Gasteiger partial charge in [0, 0.05) is 20.2 Å². The lowest BCUT2D eigenvalue weighted by Crippen LogP contribution is -2.25. The first-order chi connectivity index (χ1) is 29.7. The molecular formula is C59H34S. The second kappa shape index (κ2) is 11.9. The van der Waals surface area contributed by atoms with Crippen LogP contribution in [0.15, 0.2) is 206 Å². The Hall–Kier alpha value is -7.32. The minimum atomic E-state index is -0.366. The third kappa shape index (κ3) is 4.19. The Morgan fingerprint density at radius 1 is 0.267 bits per heavy atom. The first-order valence-corrected chi connectivity index (χ1v) is 21.7. The maximum Gasteiger partial charge on any atom is 0.0725 e. The molecule has 0 bridgehead atoms. The fraction of sp³-hybridized carbons (Fsp3) is 0.0169. The fourth-order valence-corrected chi connectivity index (χ4v) is 12.5. The van der Waals surface area contributed by atoms with E-state index in [1.165, 1.54) is 130 Å².